The molecule has 1 aliphatic carbocycles. The molecule has 0 bridgehead atoms. The first-order valence-electron chi connectivity index (χ1n) is 12.1. The lowest BCUT2D eigenvalue weighted by Crippen LogP contribution is -2.40. The molecule has 0 spiro atoms. The number of morpholine rings is 1. The highest BCUT2D eigenvalue weighted by molar-refractivity contribution is 6.34. The smallest absolute Gasteiger partial charge is 0.254 e. The van der Waals surface area contributed by atoms with Gasteiger partial charge in [0, 0.05) is 36.1 Å². The number of amides is 3. The highest BCUT2D eigenvalue weighted by Gasteiger charge is 2.20. The van der Waals surface area contributed by atoms with Crippen molar-refractivity contribution in [1.29, 1.82) is 0 Å². The molecule has 0 atom stereocenters. The summed E-state index contributed by atoms with van der Waals surface area (Å²) >= 11 is 6.25. The van der Waals surface area contributed by atoms with Crippen molar-refractivity contribution in [1.82, 2.24) is 10.2 Å². The van der Waals surface area contributed by atoms with E-state index in [0.717, 1.165) is 31.4 Å². The van der Waals surface area contributed by atoms with Crippen molar-refractivity contribution < 1.29 is 19.1 Å². The van der Waals surface area contributed by atoms with E-state index in [0.29, 0.717) is 48.1 Å². The third-order valence-corrected chi connectivity index (χ3v) is 6.65. The van der Waals surface area contributed by atoms with Crippen LogP contribution in [0.25, 0.3) is 0 Å². The zero-order valence-corrected chi connectivity index (χ0v) is 20.4. The molecule has 8 nitrogen and oxygen atoms in total. The highest BCUT2D eigenvalue weighted by atomic mass is 35.5. The molecule has 1 saturated heterocycles. The Balaban J connectivity index is 1.28. The highest BCUT2D eigenvalue weighted by Crippen LogP contribution is 2.23. The lowest BCUT2D eigenvalue weighted by Gasteiger charge is -2.26. The number of carbonyl (C=O) groups is 3. The van der Waals surface area contributed by atoms with E-state index < -0.39 is 0 Å². The lowest BCUT2D eigenvalue weighted by atomic mass is 9.95. The van der Waals surface area contributed by atoms with E-state index in [4.69, 9.17) is 16.3 Å². The molecule has 2 fully saturated rings. The van der Waals surface area contributed by atoms with Gasteiger partial charge in [0.05, 0.1) is 30.3 Å². The van der Waals surface area contributed by atoms with E-state index in [1.54, 1.807) is 47.4 Å². The van der Waals surface area contributed by atoms with E-state index in [1.807, 2.05) is 0 Å². The van der Waals surface area contributed by atoms with Crippen molar-refractivity contribution in [3.05, 3.63) is 58.6 Å². The number of nitrogens with one attached hydrogen (secondary N) is 3. The Morgan fingerprint density at radius 3 is 2.34 bits per heavy atom. The Morgan fingerprint density at radius 2 is 1.63 bits per heavy atom. The third kappa shape index (κ3) is 6.96. The molecule has 0 unspecified atom stereocenters. The summed E-state index contributed by atoms with van der Waals surface area (Å²) in [5.74, 6) is -0.508. The van der Waals surface area contributed by atoms with Gasteiger partial charge in [-0.25, -0.2) is 0 Å². The number of rotatable bonds is 7. The molecule has 3 N–H and O–H groups in total. The summed E-state index contributed by atoms with van der Waals surface area (Å²) < 4.78 is 5.29. The van der Waals surface area contributed by atoms with Crippen molar-refractivity contribution in [3.63, 3.8) is 0 Å². The van der Waals surface area contributed by atoms with E-state index in [9.17, 15) is 14.4 Å². The Labute approximate surface area is 210 Å². The summed E-state index contributed by atoms with van der Waals surface area (Å²) in [7, 11) is 0. The molecule has 2 aliphatic rings. The van der Waals surface area contributed by atoms with E-state index in [-0.39, 0.29) is 30.3 Å². The van der Waals surface area contributed by atoms with Crippen LogP contribution in [0.3, 0.4) is 0 Å². The van der Waals surface area contributed by atoms with Crippen LogP contribution in [-0.4, -0.2) is 61.5 Å². The van der Waals surface area contributed by atoms with Crippen LogP contribution >= 0.6 is 11.6 Å². The fourth-order valence-corrected chi connectivity index (χ4v) is 4.56. The van der Waals surface area contributed by atoms with E-state index in [2.05, 4.69) is 16.0 Å². The molecule has 186 valence electrons. The van der Waals surface area contributed by atoms with Crippen LogP contribution in [-0.2, 0) is 9.53 Å². The molecular weight excluding hydrogens is 468 g/mol. The van der Waals surface area contributed by atoms with E-state index in [1.165, 1.54) is 6.42 Å². The van der Waals surface area contributed by atoms with Crippen molar-refractivity contribution in [2.45, 2.75) is 38.1 Å². The SMILES string of the molecule is O=C(CNc1ccc(C(=O)N2CCOCC2)cc1)Nc1ccc(Cl)c(C(=O)NC2CCCCC2)c1. The van der Waals surface area contributed by atoms with Crippen LogP contribution in [0, 0.1) is 0 Å². The minimum atomic E-state index is -0.264. The Hall–Kier alpha value is -3.10. The maximum Gasteiger partial charge on any atom is 0.254 e. The number of hydrogen-bond donors (Lipinski definition) is 3. The second-order valence-electron chi connectivity index (χ2n) is 8.89. The number of carbonyl (C=O) groups excluding carboxylic acids is 3. The maximum absolute atomic E-state index is 12.7. The standard InChI is InChI=1S/C26H31ClN4O4/c27-23-11-10-21(16-22(23)25(33)30-20-4-2-1-3-5-20)29-24(32)17-28-19-8-6-18(7-9-19)26(34)31-12-14-35-15-13-31/h6-11,16,20,28H,1-5,12-15,17H2,(H,29,32)(H,30,33). The van der Waals surface area contributed by atoms with Crippen molar-refractivity contribution in [2.24, 2.45) is 0 Å². The summed E-state index contributed by atoms with van der Waals surface area (Å²) in [5, 5.41) is 9.25. The van der Waals surface area contributed by atoms with Crippen molar-refractivity contribution in [3.8, 4) is 0 Å². The molecule has 1 heterocycles. The molecule has 0 radical (unpaired) electrons. The zero-order chi connectivity index (χ0) is 24.6. The van der Waals surface area contributed by atoms with Crippen molar-refractivity contribution >= 4 is 40.7 Å². The molecule has 9 heteroatoms. The van der Waals surface area contributed by atoms with Crippen LogP contribution < -0.4 is 16.0 Å². The molecule has 2 aromatic rings. The van der Waals surface area contributed by atoms with Crippen LogP contribution in [0.2, 0.25) is 5.02 Å². The molecule has 2 aromatic carbocycles. The summed E-state index contributed by atoms with van der Waals surface area (Å²) in [6, 6.07) is 12.1. The topological polar surface area (TPSA) is 99.8 Å². The largest absolute Gasteiger partial charge is 0.378 e. The second-order valence-corrected chi connectivity index (χ2v) is 9.29. The Morgan fingerprint density at radius 1 is 0.943 bits per heavy atom. The quantitative estimate of drug-likeness (QED) is 0.537. The van der Waals surface area contributed by atoms with Crippen LogP contribution in [0.15, 0.2) is 42.5 Å². The van der Waals surface area contributed by atoms with Gasteiger partial charge in [-0.15, -0.1) is 0 Å². The number of anilines is 2. The zero-order valence-electron chi connectivity index (χ0n) is 19.6. The van der Waals surface area contributed by atoms with E-state index >= 15 is 0 Å². The molecule has 35 heavy (non-hydrogen) atoms. The molecule has 0 aromatic heterocycles. The van der Waals surface area contributed by atoms with Crippen LogP contribution in [0.5, 0.6) is 0 Å². The van der Waals surface area contributed by atoms with Gasteiger partial charge < -0.3 is 25.6 Å². The number of halogens is 1. The third-order valence-electron chi connectivity index (χ3n) is 6.32. The van der Waals surface area contributed by atoms with Gasteiger partial charge in [-0.2, -0.15) is 0 Å². The monoisotopic (exact) mass is 498 g/mol. The predicted octanol–water partition coefficient (Wildman–Crippen LogP) is 3.93. The Kier molecular flexibility index (Phi) is 8.60. The minimum absolute atomic E-state index is 0.0244. The summed E-state index contributed by atoms with van der Waals surface area (Å²) in [6.07, 6.45) is 5.41. The van der Waals surface area contributed by atoms with Crippen molar-refractivity contribution in [2.75, 3.05) is 43.5 Å². The first-order valence-corrected chi connectivity index (χ1v) is 12.5. The van der Waals surface area contributed by atoms with Gasteiger partial charge in [0.2, 0.25) is 5.91 Å². The first-order chi connectivity index (χ1) is 17.0. The number of nitrogens with zero attached hydrogens (tertiary/aromatic N) is 1. The lowest BCUT2D eigenvalue weighted by molar-refractivity contribution is -0.114. The minimum Gasteiger partial charge on any atom is -0.378 e. The normalized spacial score (nSPS) is 16.4. The van der Waals surface area contributed by atoms with Gasteiger partial charge >= 0.3 is 0 Å². The molecule has 1 saturated carbocycles. The molecule has 3 amide bonds. The molecule has 4 rings (SSSR count). The van der Waals surface area contributed by atoms with Gasteiger partial charge in [-0.1, -0.05) is 30.9 Å². The summed E-state index contributed by atoms with van der Waals surface area (Å²) in [4.78, 5) is 39.5. The molecule has 1 aliphatic heterocycles. The summed E-state index contributed by atoms with van der Waals surface area (Å²) in [6.45, 7) is 2.33. The average molecular weight is 499 g/mol. The number of hydrogen-bond acceptors (Lipinski definition) is 5. The van der Waals surface area contributed by atoms with Gasteiger partial charge in [0.25, 0.3) is 11.8 Å². The fraction of sp³-hybridized carbons (Fsp3) is 0.423. The van der Waals surface area contributed by atoms with Crippen LogP contribution in [0.4, 0.5) is 11.4 Å². The molecular formula is C26H31ClN4O4. The fourth-order valence-electron chi connectivity index (χ4n) is 4.35. The van der Waals surface area contributed by atoms with Gasteiger partial charge in [-0.05, 0) is 55.3 Å². The average Bonchev–Trinajstić information content (AvgIpc) is 2.89. The Bertz CT molecular complexity index is 1050. The number of benzene rings is 2. The second kappa shape index (κ2) is 12.0. The summed E-state index contributed by atoms with van der Waals surface area (Å²) in [5.41, 5.74) is 2.18. The number of ether oxygens (including phenoxy) is 1. The van der Waals surface area contributed by atoms with Gasteiger partial charge in [0.15, 0.2) is 0 Å². The van der Waals surface area contributed by atoms with Gasteiger partial charge in [0.1, 0.15) is 0 Å². The van der Waals surface area contributed by atoms with Crippen LogP contribution in [0.1, 0.15) is 52.8 Å². The van der Waals surface area contributed by atoms with Gasteiger partial charge in [-0.3, -0.25) is 14.4 Å². The predicted molar refractivity (Wildman–Crippen MR) is 136 cm³/mol. The maximum atomic E-state index is 12.7. The first kappa shape index (κ1) is 25.0.